The van der Waals surface area contributed by atoms with Gasteiger partial charge in [-0.3, -0.25) is 4.79 Å². The lowest BCUT2D eigenvalue weighted by Gasteiger charge is -2.21. The molecule has 2 aromatic carbocycles. The van der Waals surface area contributed by atoms with Gasteiger partial charge in [-0.2, -0.15) is 0 Å². The zero-order valence-corrected chi connectivity index (χ0v) is 12.0. The number of aromatic hydroxyl groups is 1. The molecule has 0 bridgehead atoms. The van der Waals surface area contributed by atoms with Gasteiger partial charge in [-0.15, -0.1) is 0 Å². The van der Waals surface area contributed by atoms with Gasteiger partial charge in [-0.25, -0.2) is 0 Å². The van der Waals surface area contributed by atoms with Crippen LogP contribution < -0.4 is 0 Å². The third-order valence-corrected chi connectivity index (χ3v) is 4.04. The Morgan fingerprint density at radius 2 is 1.76 bits per heavy atom. The third-order valence-electron chi connectivity index (χ3n) is 4.04. The number of phenols is 1. The van der Waals surface area contributed by atoms with Crippen LogP contribution in [0.25, 0.3) is 0 Å². The van der Waals surface area contributed by atoms with Gasteiger partial charge in [0.05, 0.1) is 6.42 Å². The Balaban J connectivity index is 1.75. The van der Waals surface area contributed by atoms with Gasteiger partial charge < -0.3 is 10.0 Å². The van der Waals surface area contributed by atoms with Gasteiger partial charge >= 0.3 is 0 Å². The first kappa shape index (κ1) is 13.7. The lowest BCUT2D eigenvalue weighted by molar-refractivity contribution is -0.131. The molecule has 1 aliphatic heterocycles. The number of fused-ring (bicyclic) bond motifs is 1. The van der Waals surface area contributed by atoms with Crippen LogP contribution in [0.2, 0.25) is 0 Å². The lowest BCUT2D eigenvalue weighted by atomic mass is 10.0. The summed E-state index contributed by atoms with van der Waals surface area (Å²) in [5, 5.41) is 9.80. The van der Waals surface area contributed by atoms with Gasteiger partial charge in [0.1, 0.15) is 5.75 Å². The topological polar surface area (TPSA) is 40.5 Å². The van der Waals surface area contributed by atoms with E-state index in [4.69, 9.17) is 0 Å². The van der Waals surface area contributed by atoms with Gasteiger partial charge in [-0.1, -0.05) is 42.5 Å². The summed E-state index contributed by atoms with van der Waals surface area (Å²) in [5.41, 5.74) is 3.27. The Hall–Kier alpha value is -2.29. The van der Waals surface area contributed by atoms with Crippen LogP contribution >= 0.6 is 0 Å². The summed E-state index contributed by atoms with van der Waals surface area (Å²) >= 11 is 0. The summed E-state index contributed by atoms with van der Waals surface area (Å²) in [5.74, 6) is 0.272. The van der Waals surface area contributed by atoms with Crippen molar-refractivity contribution in [2.24, 2.45) is 0 Å². The van der Waals surface area contributed by atoms with Crippen molar-refractivity contribution in [2.45, 2.75) is 25.8 Å². The van der Waals surface area contributed by atoms with Crippen LogP contribution in [0, 0.1) is 0 Å². The molecule has 0 atom stereocenters. The van der Waals surface area contributed by atoms with E-state index in [2.05, 4.69) is 18.2 Å². The predicted molar refractivity (Wildman–Crippen MR) is 82.0 cm³/mol. The van der Waals surface area contributed by atoms with Crippen molar-refractivity contribution < 1.29 is 9.90 Å². The number of hydrogen-bond donors (Lipinski definition) is 1. The number of carbonyl (C=O) groups is 1. The zero-order valence-electron chi connectivity index (χ0n) is 12.0. The minimum absolute atomic E-state index is 0.0770. The van der Waals surface area contributed by atoms with Gasteiger partial charge in [0.15, 0.2) is 0 Å². The summed E-state index contributed by atoms with van der Waals surface area (Å²) in [7, 11) is 0. The molecule has 0 spiro atoms. The van der Waals surface area contributed by atoms with Gasteiger partial charge in [0.25, 0.3) is 0 Å². The van der Waals surface area contributed by atoms with E-state index in [9.17, 15) is 9.90 Å². The molecule has 0 fully saturated rings. The van der Waals surface area contributed by atoms with Crippen molar-refractivity contribution in [2.75, 3.05) is 6.54 Å². The summed E-state index contributed by atoms with van der Waals surface area (Å²) in [6.45, 7) is 1.45. The number of amides is 1. The maximum Gasteiger partial charge on any atom is 0.227 e. The van der Waals surface area contributed by atoms with Crippen LogP contribution in [-0.2, 0) is 24.2 Å². The van der Waals surface area contributed by atoms with Crippen molar-refractivity contribution >= 4 is 5.91 Å². The van der Waals surface area contributed by atoms with Crippen molar-refractivity contribution in [1.82, 2.24) is 4.90 Å². The van der Waals surface area contributed by atoms with Crippen molar-refractivity contribution in [3.8, 4) is 5.75 Å². The minimum Gasteiger partial charge on any atom is -0.508 e. The summed E-state index contributed by atoms with van der Waals surface area (Å²) < 4.78 is 0. The van der Waals surface area contributed by atoms with E-state index in [0.29, 0.717) is 12.1 Å². The molecule has 21 heavy (non-hydrogen) atoms. The molecule has 3 nitrogen and oxygen atoms in total. The molecule has 3 heteroatoms. The van der Waals surface area contributed by atoms with Gasteiger partial charge in [-0.05, 0) is 30.0 Å². The second-order valence-corrected chi connectivity index (χ2v) is 5.49. The molecule has 0 radical (unpaired) electrons. The monoisotopic (exact) mass is 281 g/mol. The van der Waals surface area contributed by atoms with Crippen LogP contribution in [0.5, 0.6) is 5.75 Å². The molecule has 1 amide bonds. The largest absolute Gasteiger partial charge is 0.508 e. The number of benzene rings is 2. The van der Waals surface area contributed by atoms with E-state index < -0.39 is 0 Å². The maximum absolute atomic E-state index is 12.5. The van der Waals surface area contributed by atoms with E-state index >= 15 is 0 Å². The number of phenolic OH excluding ortho intramolecular Hbond substituents is 1. The third kappa shape index (κ3) is 3.07. The SMILES string of the molecule is O=C(Cc1ccccc1O)N1CCCc2ccccc2C1. The molecule has 0 saturated heterocycles. The van der Waals surface area contributed by atoms with Crippen molar-refractivity contribution in [3.63, 3.8) is 0 Å². The first-order chi connectivity index (χ1) is 10.2. The highest BCUT2D eigenvalue weighted by molar-refractivity contribution is 5.79. The first-order valence-corrected chi connectivity index (χ1v) is 7.35. The molecule has 0 aliphatic carbocycles. The van der Waals surface area contributed by atoms with E-state index in [1.165, 1.54) is 11.1 Å². The number of rotatable bonds is 2. The Morgan fingerprint density at radius 3 is 2.57 bits per heavy atom. The quantitative estimate of drug-likeness (QED) is 0.919. The van der Waals surface area contributed by atoms with Crippen molar-refractivity contribution in [1.29, 1.82) is 0 Å². The molecule has 3 rings (SSSR count). The molecule has 2 aromatic rings. The van der Waals surface area contributed by atoms with E-state index in [-0.39, 0.29) is 18.1 Å². The standard InChI is InChI=1S/C18H19NO2/c20-17-10-4-3-7-15(17)12-18(21)19-11-5-9-14-6-1-2-8-16(14)13-19/h1-4,6-8,10,20H,5,9,11-13H2. The van der Waals surface area contributed by atoms with Crippen LogP contribution in [0.4, 0.5) is 0 Å². The molecule has 1 N–H and O–H groups in total. The lowest BCUT2D eigenvalue weighted by Crippen LogP contribution is -2.32. The normalized spacial score (nSPS) is 14.4. The molecule has 1 aliphatic rings. The number of carbonyl (C=O) groups excluding carboxylic acids is 1. The van der Waals surface area contributed by atoms with Crippen LogP contribution in [-0.4, -0.2) is 22.5 Å². The average Bonchev–Trinajstić information content (AvgIpc) is 2.72. The Labute approximate surface area is 124 Å². The fraction of sp³-hybridized carbons (Fsp3) is 0.278. The van der Waals surface area contributed by atoms with Crippen LogP contribution in [0.15, 0.2) is 48.5 Å². The van der Waals surface area contributed by atoms with E-state index in [1.807, 2.05) is 17.0 Å². The van der Waals surface area contributed by atoms with Crippen LogP contribution in [0.1, 0.15) is 23.1 Å². The highest BCUT2D eigenvalue weighted by Crippen LogP contribution is 2.21. The highest BCUT2D eigenvalue weighted by atomic mass is 16.3. The smallest absolute Gasteiger partial charge is 0.227 e. The second kappa shape index (κ2) is 6.00. The van der Waals surface area contributed by atoms with E-state index in [1.54, 1.807) is 18.2 Å². The molecule has 0 aromatic heterocycles. The fourth-order valence-electron chi connectivity index (χ4n) is 2.85. The van der Waals surface area contributed by atoms with Crippen LogP contribution in [0.3, 0.4) is 0 Å². The molecular weight excluding hydrogens is 262 g/mol. The first-order valence-electron chi connectivity index (χ1n) is 7.35. The number of nitrogens with zero attached hydrogens (tertiary/aromatic N) is 1. The van der Waals surface area contributed by atoms with Gasteiger partial charge in [0.2, 0.25) is 5.91 Å². The molecule has 0 saturated carbocycles. The molecule has 0 unspecified atom stereocenters. The maximum atomic E-state index is 12.5. The van der Waals surface area contributed by atoms with Crippen molar-refractivity contribution in [3.05, 3.63) is 65.2 Å². The Bertz CT molecular complexity index is 651. The summed E-state index contributed by atoms with van der Waals surface area (Å²) in [6, 6.07) is 15.4. The molecular formula is C18H19NO2. The second-order valence-electron chi connectivity index (χ2n) is 5.49. The number of para-hydroxylation sites is 1. The highest BCUT2D eigenvalue weighted by Gasteiger charge is 2.19. The predicted octanol–water partition coefficient (Wildman–Crippen LogP) is 2.91. The molecule has 108 valence electrons. The number of aryl methyl sites for hydroxylation is 1. The summed E-state index contributed by atoms with van der Waals surface area (Å²) in [6.07, 6.45) is 2.27. The van der Waals surface area contributed by atoms with E-state index in [0.717, 1.165) is 19.4 Å². The minimum atomic E-state index is 0.0770. The fourth-order valence-corrected chi connectivity index (χ4v) is 2.85. The average molecular weight is 281 g/mol. The Morgan fingerprint density at radius 1 is 1.05 bits per heavy atom. The molecule has 1 heterocycles. The summed E-state index contributed by atoms with van der Waals surface area (Å²) in [4.78, 5) is 14.4. The number of hydrogen-bond acceptors (Lipinski definition) is 2. The van der Waals surface area contributed by atoms with Gasteiger partial charge in [0, 0.05) is 18.7 Å². The Kier molecular flexibility index (Phi) is 3.91. The zero-order chi connectivity index (χ0) is 14.7.